The summed E-state index contributed by atoms with van der Waals surface area (Å²) in [6.07, 6.45) is 5.58. The number of benzene rings is 2. The van der Waals surface area contributed by atoms with E-state index in [0.29, 0.717) is 38.3 Å². The van der Waals surface area contributed by atoms with Crippen molar-refractivity contribution in [1.29, 1.82) is 0 Å². The number of carbonyl (C=O) groups is 1. The van der Waals surface area contributed by atoms with E-state index in [1.807, 2.05) is 18.2 Å². The average Bonchev–Trinajstić information content (AvgIpc) is 3.33. The van der Waals surface area contributed by atoms with Gasteiger partial charge >= 0.3 is 0 Å². The van der Waals surface area contributed by atoms with E-state index in [0.717, 1.165) is 10.2 Å². The zero-order valence-corrected chi connectivity index (χ0v) is 19.1. The van der Waals surface area contributed by atoms with Gasteiger partial charge < -0.3 is 18.6 Å². The second kappa shape index (κ2) is 8.91. The summed E-state index contributed by atoms with van der Waals surface area (Å²) in [5, 5.41) is 4.50. The molecule has 1 amide bonds. The summed E-state index contributed by atoms with van der Waals surface area (Å²) in [6.45, 7) is 1.88. The van der Waals surface area contributed by atoms with Crippen LogP contribution >= 0.6 is 22.9 Å². The van der Waals surface area contributed by atoms with Crippen molar-refractivity contribution in [2.45, 2.75) is 13.5 Å². The van der Waals surface area contributed by atoms with Crippen molar-refractivity contribution in [3.8, 4) is 35.1 Å². The largest absolute Gasteiger partial charge is 0.493 e. The molecule has 0 aliphatic heterocycles. The highest BCUT2D eigenvalue weighted by atomic mass is 35.5. The van der Waals surface area contributed by atoms with Gasteiger partial charge in [-0.15, -0.1) is 6.42 Å². The van der Waals surface area contributed by atoms with E-state index in [1.165, 1.54) is 11.3 Å². The molecule has 0 saturated carbocycles. The van der Waals surface area contributed by atoms with Gasteiger partial charge in [-0.25, -0.2) is 0 Å². The first kappa shape index (κ1) is 21.7. The standard InChI is InChI=1S/C23H18ClN3O4S/c1-5-10-27-16-11-17(29-3)18(30-4)12-19(16)32-23(27)25-22(28)20-13(2)31-26-21(20)14-8-6-7-9-15(14)24/h1,6-9,11-12H,10H2,2-4H3. The minimum absolute atomic E-state index is 0.224. The number of hydrogen-bond donors (Lipinski definition) is 0. The molecular weight excluding hydrogens is 450 g/mol. The number of aromatic nitrogens is 2. The first-order valence-electron chi connectivity index (χ1n) is 9.47. The Morgan fingerprint density at radius 2 is 2.00 bits per heavy atom. The van der Waals surface area contributed by atoms with Gasteiger partial charge in [-0.1, -0.05) is 52.2 Å². The van der Waals surface area contributed by atoms with Gasteiger partial charge in [0.2, 0.25) is 0 Å². The molecule has 0 fully saturated rings. The van der Waals surface area contributed by atoms with Crippen LogP contribution in [0.5, 0.6) is 11.5 Å². The fraction of sp³-hybridized carbons (Fsp3) is 0.174. The lowest BCUT2D eigenvalue weighted by molar-refractivity contribution is 0.0997. The molecule has 0 aliphatic carbocycles. The van der Waals surface area contributed by atoms with Crippen LogP contribution in [0.3, 0.4) is 0 Å². The van der Waals surface area contributed by atoms with Crippen molar-refractivity contribution in [3.05, 3.63) is 57.5 Å². The van der Waals surface area contributed by atoms with Crippen molar-refractivity contribution in [1.82, 2.24) is 9.72 Å². The first-order chi connectivity index (χ1) is 15.5. The zero-order valence-electron chi connectivity index (χ0n) is 17.5. The molecule has 0 aliphatic rings. The predicted octanol–water partition coefficient (Wildman–Crippen LogP) is 4.71. The zero-order chi connectivity index (χ0) is 22.8. The van der Waals surface area contributed by atoms with E-state index in [1.54, 1.807) is 43.9 Å². The number of ether oxygens (including phenoxy) is 2. The molecule has 2 aromatic heterocycles. The fourth-order valence-corrected chi connectivity index (χ4v) is 4.59. The van der Waals surface area contributed by atoms with Crippen LogP contribution in [0.1, 0.15) is 16.1 Å². The Hall–Kier alpha value is -3.54. The molecule has 0 radical (unpaired) electrons. The number of thiazole rings is 1. The molecule has 0 N–H and O–H groups in total. The minimum Gasteiger partial charge on any atom is -0.493 e. The van der Waals surface area contributed by atoms with Crippen LogP contribution in [0, 0.1) is 19.3 Å². The molecule has 7 nitrogen and oxygen atoms in total. The normalized spacial score (nSPS) is 11.5. The Bertz CT molecular complexity index is 1440. The Balaban J connectivity index is 1.90. The van der Waals surface area contributed by atoms with Crippen LogP contribution in [0.2, 0.25) is 5.02 Å². The quantitative estimate of drug-likeness (QED) is 0.397. The number of amides is 1. The highest BCUT2D eigenvalue weighted by molar-refractivity contribution is 7.16. The van der Waals surface area contributed by atoms with Crippen molar-refractivity contribution >= 4 is 39.1 Å². The molecule has 0 bridgehead atoms. The molecule has 2 heterocycles. The summed E-state index contributed by atoms with van der Waals surface area (Å²) in [7, 11) is 3.12. The molecule has 9 heteroatoms. The number of hydrogen-bond acceptors (Lipinski definition) is 6. The van der Waals surface area contributed by atoms with Crippen LogP contribution in [0.4, 0.5) is 0 Å². The Kier molecular flexibility index (Phi) is 6.04. The second-order valence-electron chi connectivity index (χ2n) is 6.71. The Labute approximate surface area is 192 Å². The number of nitrogens with zero attached hydrogens (tertiary/aromatic N) is 3. The summed E-state index contributed by atoms with van der Waals surface area (Å²) in [6, 6.07) is 10.7. The fourth-order valence-electron chi connectivity index (χ4n) is 3.33. The minimum atomic E-state index is -0.505. The molecule has 32 heavy (non-hydrogen) atoms. The maximum Gasteiger partial charge on any atom is 0.285 e. The molecule has 4 aromatic rings. The lowest BCUT2D eigenvalue weighted by Crippen LogP contribution is -2.17. The van der Waals surface area contributed by atoms with Crippen molar-refractivity contribution in [3.63, 3.8) is 0 Å². The molecule has 0 unspecified atom stereocenters. The monoisotopic (exact) mass is 467 g/mol. The summed E-state index contributed by atoms with van der Waals surface area (Å²) in [5.41, 5.74) is 1.96. The smallest absolute Gasteiger partial charge is 0.285 e. The Morgan fingerprint density at radius 3 is 2.69 bits per heavy atom. The maximum absolute atomic E-state index is 13.3. The van der Waals surface area contributed by atoms with Gasteiger partial charge in [0.25, 0.3) is 5.91 Å². The van der Waals surface area contributed by atoms with Crippen molar-refractivity contribution in [2.75, 3.05) is 14.2 Å². The number of rotatable bonds is 5. The summed E-state index contributed by atoms with van der Waals surface area (Å²) >= 11 is 7.63. The summed E-state index contributed by atoms with van der Waals surface area (Å²) in [4.78, 5) is 18.1. The van der Waals surface area contributed by atoms with E-state index in [4.69, 9.17) is 32.0 Å². The van der Waals surface area contributed by atoms with Crippen LogP contribution < -0.4 is 14.3 Å². The van der Waals surface area contributed by atoms with Gasteiger partial charge in [0.05, 0.1) is 36.0 Å². The highest BCUT2D eigenvalue weighted by Gasteiger charge is 2.23. The van der Waals surface area contributed by atoms with Gasteiger partial charge in [-0.05, 0) is 13.0 Å². The molecule has 2 aromatic carbocycles. The van der Waals surface area contributed by atoms with Gasteiger partial charge in [0.15, 0.2) is 16.3 Å². The van der Waals surface area contributed by atoms with Crippen LogP contribution in [-0.2, 0) is 6.54 Å². The molecule has 0 atom stereocenters. The topological polar surface area (TPSA) is 78.9 Å². The first-order valence-corrected chi connectivity index (χ1v) is 10.7. The third kappa shape index (κ3) is 3.77. The lowest BCUT2D eigenvalue weighted by Gasteiger charge is -2.08. The van der Waals surface area contributed by atoms with Gasteiger partial charge in [-0.3, -0.25) is 4.79 Å². The predicted molar refractivity (Wildman–Crippen MR) is 123 cm³/mol. The van der Waals surface area contributed by atoms with Gasteiger partial charge in [-0.2, -0.15) is 4.99 Å². The third-order valence-electron chi connectivity index (χ3n) is 4.84. The van der Waals surface area contributed by atoms with Gasteiger partial charge in [0.1, 0.15) is 17.0 Å². The molecule has 4 rings (SSSR count). The third-order valence-corrected chi connectivity index (χ3v) is 6.21. The van der Waals surface area contributed by atoms with Crippen LogP contribution in [0.15, 0.2) is 45.9 Å². The maximum atomic E-state index is 13.3. The molecular formula is C23H18ClN3O4S. The van der Waals surface area contributed by atoms with E-state index in [2.05, 4.69) is 16.1 Å². The molecule has 0 spiro atoms. The van der Waals surface area contributed by atoms with E-state index < -0.39 is 5.91 Å². The number of aryl methyl sites for hydroxylation is 1. The van der Waals surface area contributed by atoms with Crippen LogP contribution in [-0.4, -0.2) is 29.9 Å². The molecule has 0 saturated heterocycles. The van der Waals surface area contributed by atoms with Gasteiger partial charge in [0, 0.05) is 17.7 Å². The average molecular weight is 468 g/mol. The SMILES string of the molecule is C#CCn1c(=NC(=O)c2c(-c3ccccc3Cl)noc2C)sc2cc(OC)c(OC)cc21. The van der Waals surface area contributed by atoms with Crippen LogP contribution in [0.25, 0.3) is 21.5 Å². The number of methoxy groups -OCH3 is 2. The van der Waals surface area contributed by atoms with E-state index >= 15 is 0 Å². The highest BCUT2D eigenvalue weighted by Crippen LogP contribution is 2.34. The summed E-state index contributed by atoms with van der Waals surface area (Å²) < 4.78 is 18.7. The summed E-state index contributed by atoms with van der Waals surface area (Å²) in [5.74, 6) is 3.58. The van der Waals surface area contributed by atoms with Crippen molar-refractivity contribution < 1.29 is 18.8 Å². The van der Waals surface area contributed by atoms with E-state index in [-0.39, 0.29) is 12.1 Å². The number of terminal acetylenes is 1. The lowest BCUT2D eigenvalue weighted by atomic mass is 10.1. The number of fused-ring (bicyclic) bond motifs is 1. The molecule has 162 valence electrons. The number of halogens is 1. The van der Waals surface area contributed by atoms with E-state index in [9.17, 15) is 4.79 Å². The Morgan fingerprint density at radius 1 is 1.28 bits per heavy atom. The van der Waals surface area contributed by atoms with Crippen molar-refractivity contribution in [2.24, 2.45) is 4.99 Å². The second-order valence-corrected chi connectivity index (χ2v) is 8.13. The number of carbonyl (C=O) groups excluding carboxylic acids is 1.